The third-order valence-electron chi connectivity index (χ3n) is 2.74. The smallest absolute Gasteiger partial charge is 0.260 e. The van der Waals surface area contributed by atoms with Crippen LogP contribution in [0.2, 0.25) is 0 Å². The average Bonchev–Trinajstić information content (AvgIpc) is 2.41. The summed E-state index contributed by atoms with van der Waals surface area (Å²) in [6, 6.07) is 3.63. The second-order valence-corrected chi connectivity index (χ2v) is 3.97. The lowest BCUT2D eigenvalue weighted by molar-refractivity contribution is -0.133. The number of hydrogen-bond acceptors (Lipinski definition) is 3. The van der Waals surface area contributed by atoms with E-state index in [1.54, 1.807) is 4.90 Å². The van der Waals surface area contributed by atoms with Crippen molar-refractivity contribution in [2.45, 2.75) is 0 Å². The highest BCUT2D eigenvalue weighted by Gasteiger charge is 2.17. The van der Waals surface area contributed by atoms with E-state index in [1.165, 1.54) is 12.1 Å². The minimum absolute atomic E-state index is 0.222. The fourth-order valence-electron chi connectivity index (χ4n) is 1.74. The molecule has 98 valence electrons. The number of nitrogens with zero attached hydrogens (tertiary/aromatic N) is 1. The standard InChI is InChI=1S/C12H14F2N2O2/c13-9-2-1-3-10(12(9)14)18-8-11(17)16-6-4-15-5-7-16/h1-3,15H,4-8H2. The van der Waals surface area contributed by atoms with E-state index in [2.05, 4.69) is 5.32 Å². The summed E-state index contributed by atoms with van der Waals surface area (Å²) in [7, 11) is 0. The molecule has 1 amide bonds. The van der Waals surface area contributed by atoms with E-state index in [4.69, 9.17) is 4.74 Å². The van der Waals surface area contributed by atoms with Gasteiger partial charge in [0.2, 0.25) is 5.82 Å². The molecule has 0 aliphatic carbocycles. The molecule has 4 nitrogen and oxygen atoms in total. The first-order valence-electron chi connectivity index (χ1n) is 5.74. The van der Waals surface area contributed by atoms with Crippen LogP contribution >= 0.6 is 0 Å². The van der Waals surface area contributed by atoms with Crippen LogP contribution in [-0.4, -0.2) is 43.6 Å². The number of nitrogens with one attached hydrogen (secondary N) is 1. The summed E-state index contributed by atoms with van der Waals surface area (Å²) in [4.78, 5) is 13.4. The topological polar surface area (TPSA) is 41.6 Å². The summed E-state index contributed by atoms with van der Waals surface area (Å²) in [5.74, 6) is -2.51. The zero-order valence-corrected chi connectivity index (χ0v) is 9.79. The third kappa shape index (κ3) is 2.95. The van der Waals surface area contributed by atoms with Gasteiger partial charge in [0, 0.05) is 26.2 Å². The monoisotopic (exact) mass is 256 g/mol. The van der Waals surface area contributed by atoms with E-state index in [1.807, 2.05) is 0 Å². The summed E-state index contributed by atoms with van der Waals surface area (Å²) in [5, 5.41) is 3.12. The van der Waals surface area contributed by atoms with Crippen LogP contribution < -0.4 is 10.1 Å². The number of halogens is 2. The highest BCUT2D eigenvalue weighted by atomic mass is 19.2. The molecule has 0 radical (unpaired) electrons. The van der Waals surface area contributed by atoms with Crippen LogP contribution in [0, 0.1) is 11.6 Å². The molecule has 0 unspecified atom stereocenters. The summed E-state index contributed by atoms with van der Waals surface area (Å²) >= 11 is 0. The molecule has 18 heavy (non-hydrogen) atoms. The molecule has 1 heterocycles. The van der Waals surface area contributed by atoms with Gasteiger partial charge < -0.3 is 15.0 Å². The largest absolute Gasteiger partial charge is 0.481 e. The average molecular weight is 256 g/mol. The Morgan fingerprint density at radius 3 is 2.78 bits per heavy atom. The first-order chi connectivity index (χ1) is 8.68. The molecule has 1 fully saturated rings. The number of benzene rings is 1. The van der Waals surface area contributed by atoms with Crippen molar-refractivity contribution < 1.29 is 18.3 Å². The van der Waals surface area contributed by atoms with Crippen LogP contribution in [-0.2, 0) is 4.79 Å². The molecular weight excluding hydrogens is 242 g/mol. The summed E-state index contributed by atoms with van der Waals surface area (Å²) in [6.07, 6.45) is 0. The van der Waals surface area contributed by atoms with E-state index in [0.717, 1.165) is 19.2 Å². The second kappa shape index (κ2) is 5.77. The summed E-state index contributed by atoms with van der Waals surface area (Å²) < 4.78 is 31.2. The van der Waals surface area contributed by atoms with Gasteiger partial charge in [0.05, 0.1) is 0 Å². The van der Waals surface area contributed by atoms with Crippen LogP contribution in [0.15, 0.2) is 18.2 Å². The Balaban J connectivity index is 1.90. The van der Waals surface area contributed by atoms with Crippen LogP contribution in [0.25, 0.3) is 0 Å². The van der Waals surface area contributed by atoms with Crippen LogP contribution in [0.5, 0.6) is 5.75 Å². The second-order valence-electron chi connectivity index (χ2n) is 3.97. The number of amides is 1. The maximum Gasteiger partial charge on any atom is 0.260 e. The molecule has 0 bridgehead atoms. The lowest BCUT2D eigenvalue weighted by Crippen LogP contribution is -2.47. The maximum atomic E-state index is 13.3. The molecule has 0 saturated carbocycles. The Labute approximate surface area is 104 Å². The SMILES string of the molecule is O=C(COc1cccc(F)c1F)N1CCNCC1. The summed E-state index contributed by atoms with van der Waals surface area (Å²) in [5.41, 5.74) is 0. The molecule has 0 atom stereocenters. The molecule has 1 aromatic carbocycles. The first kappa shape index (κ1) is 12.8. The minimum Gasteiger partial charge on any atom is -0.481 e. The number of piperazine rings is 1. The number of carbonyl (C=O) groups excluding carboxylic acids is 1. The predicted molar refractivity (Wildman–Crippen MR) is 61.3 cm³/mol. The van der Waals surface area contributed by atoms with Gasteiger partial charge in [-0.3, -0.25) is 4.79 Å². The van der Waals surface area contributed by atoms with Gasteiger partial charge in [-0.15, -0.1) is 0 Å². The maximum absolute atomic E-state index is 13.3. The van der Waals surface area contributed by atoms with Gasteiger partial charge in [-0.25, -0.2) is 4.39 Å². The van der Waals surface area contributed by atoms with Gasteiger partial charge >= 0.3 is 0 Å². The lowest BCUT2D eigenvalue weighted by atomic mass is 10.3. The van der Waals surface area contributed by atoms with Crippen molar-refractivity contribution >= 4 is 5.91 Å². The Bertz CT molecular complexity index is 434. The molecule has 0 spiro atoms. The molecule has 1 N–H and O–H groups in total. The highest BCUT2D eigenvalue weighted by Crippen LogP contribution is 2.18. The van der Waals surface area contributed by atoms with E-state index in [9.17, 15) is 13.6 Å². The van der Waals surface area contributed by atoms with Gasteiger partial charge in [0.25, 0.3) is 5.91 Å². The van der Waals surface area contributed by atoms with Gasteiger partial charge in [-0.2, -0.15) is 4.39 Å². The van der Waals surface area contributed by atoms with Crippen molar-refractivity contribution in [1.29, 1.82) is 0 Å². The Hall–Kier alpha value is -1.69. The first-order valence-corrected chi connectivity index (χ1v) is 5.74. The van der Waals surface area contributed by atoms with Gasteiger partial charge in [-0.1, -0.05) is 6.07 Å². The van der Waals surface area contributed by atoms with Gasteiger partial charge in [0.15, 0.2) is 18.2 Å². The third-order valence-corrected chi connectivity index (χ3v) is 2.74. The van der Waals surface area contributed by atoms with Crippen molar-refractivity contribution in [2.75, 3.05) is 32.8 Å². The number of rotatable bonds is 3. The quantitative estimate of drug-likeness (QED) is 0.868. The van der Waals surface area contributed by atoms with Crippen LogP contribution in [0.1, 0.15) is 0 Å². The molecule has 1 aromatic rings. The molecule has 2 rings (SSSR count). The Morgan fingerprint density at radius 1 is 1.33 bits per heavy atom. The zero-order valence-electron chi connectivity index (χ0n) is 9.79. The minimum atomic E-state index is -1.06. The molecule has 1 aliphatic rings. The van der Waals surface area contributed by atoms with E-state index >= 15 is 0 Å². The number of hydrogen-bond donors (Lipinski definition) is 1. The zero-order chi connectivity index (χ0) is 13.0. The fraction of sp³-hybridized carbons (Fsp3) is 0.417. The van der Waals surface area contributed by atoms with Gasteiger partial charge in [-0.05, 0) is 12.1 Å². The van der Waals surface area contributed by atoms with E-state index in [0.29, 0.717) is 13.1 Å². The lowest BCUT2D eigenvalue weighted by Gasteiger charge is -2.27. The van der Waals surface area contributed by atoms with Gasteiger partial charge in [0.1, 0.15) is 0 Å². The molecule has 1 aliphatic heterocycles. The molecule has 0 aromatic heterocycles. The number of carbonyl (C=O) groups is 1. The van der Waals surface area contributed by atoms with Crippen molar-refractivity contribution in [1.82, 2.24) is 10.2 Å². The highest BCUT2D eigenvalue weighted by molar-refractivity contribution is 5.77. The molecule has 1 saturated heterocycles. The molecule has 6 heteroatoms. The van der Waals surface area contributed by atoms with Crippen molar-refractivity contribution in [3.63, 3.8) is 0 Å². The normalized spacial score (nSPS) is 15.6. The Kier molecular flexibility index (Phi) is 4.09. The van der Waals surface area contributed by atoms with Crippen LogP contribution in [0.3, 0.4) is 0 Å². The number of ether oxygens (including phenoxy) is 1. The van der Waals surface area contributed by atoms with E-state index in [-0.39, 0.29) is 18.3 Å². The summed E-state index contributed by atoms with van der Waals surface area (Å²) in [6.45, 7) is 2.40. The van der Waals surface area contributed by atoms with Crippen molar-refractivity contribution in [3.05, 3.63) is 29.8 Å². The fourth-order valence-corrected chi connectivity index (χ4v) is 1.74. The van der Waals surface area contributed by atoms with Crippen molar-refractivity contribution in [2.24, 2.45) is 0 Å². The van der Waals surface area contributed by atoms with Crippen molar-refractivity contribution in [3.8, 4) is 5.75 Å². The Morgan fingerprint density at radius 2 is 2.06 bits per heavy atom. The predicted octanol–water partition coefficient (Wildman–Crippen LogP) is 0.775. The van der Waals surface area contributed by atoms with E-state index < -0.39 is 11.6 Å². The molecular formula is C12H14F2N2O2. The van der Waals surface area contributed by atoms with Crippen LogP contribution in [0.4, 0.5) is 8.78 Å².